The lowest BCUT2D eigenvalue weighted by Crippen LogP contribution is -2.81. The molecule has 0 unspecified atom stereocenters. The van der Waals surface area contributed by atoms with Crippen molar-refractivity contribution in [3.8, 4) is 0 Å². The highest BCUT2D eigenvalue weighted by atomic mass is 19.2. The maximum Gasteiger partial charge on any atom is 0.368 e. The predicted molar refractivity (Wildman–Crippen MR) is 176 cm³/mol. The van der Waals surface area contributed by atoms with Gasteiger partial charge in [0.05, 0.1) is 11.1 Å². The van der Waals surface area contributed by atoms with Crippen LogP contribution in [-0.2, 0) is 11.3 Å². The number of hydrogen-bond donors (Lipinski definition) is 0. The van der Waals surface area contributed by atoms with E-state index in [1.807, 2.05) is 30.3 Å². The Morgan fingerprint density at radius 3 is 1.09 bits per heavy atom. The summed E-state index contributed by atoms with van der Waals surface area (Å²) < 4.78 is 300. The molecular formula is C37H12BF20N3O4. The normalized spacial score (nSPS) is 11.4. The van der Waals surface area contributed by atoms with E-state index < -0.39 is 162 Å². The molecule has 5 aromatic carbocycles. The number of rotatable bonds is 9. The molecule has 0 aliphatic heterocycles. The Balaban J connectivity index is 0.000000330. The molecule has 1 heterocycles. The number of ether oxygens (including phenoxy) is 1. The summed E-state index contributed by atoms with van der Waals surface area (Å²) in [6.07, 6.45) is -2.57. The molecule has 0 amide bonds. The molecular weight excluding hydrogens is 941 g/mol. The maximum absolute atomic E-state index is 15.4. The van der Waals surface area contributed by atoms with Crippen LogP contribution in [0.2, 0.25) is 0 Å². The molecule has 65 heavy (non-hydrogen) atoms. The highest BCUT2D eigenvalue weighted by Gasteiger charge is 2.52. The summed E-state index contributed by atoms with van der Waals surface area (Å²) >= 11 is 0. The first kappa shape index (κ1) is 48.7. The highest BCUT2D eigenvalue weighted by Crippen LogP contribution is 2.30. The smallest absolute Gasteiger partial charge is 0.368 e. The van der Waals surface area contributed by atoms with Gasteiger partial charge < -0.3 is 4.74 Å². The van der Waals surface area contributed by atoms with E-state index in [0.717, 1.165) is 5.56 Å². The van der Waals surface area contributed by atoms with Crippen LogP contribution in [0.4, 0.5) is 87.8 Å². The first-order chi connectivity index (χ1) is 30.3. The van der Waals surface area contributed by atoms with Crippen molar-refractivity contribution < 1.29 is 107 Å². The van der Waals surface area contributed by atoms with Gasteiger partial charge in [-0.2, -0.15) is 4.57 Å². The summed E-state index contributed by atoms with van der Waals surface area (Å²) in [6, 6.07) is 9.67. The van der Waals surface area contributed by atoms with E-state index in [2.05, 4.69) is 9.72 Å². The molecule has 342 valence electrons. The van der Waals surface area contributed by atoms with Gasteiger partial charge in [-0.25, -0.2) is 97.6 Å². The van der Waals surface area contributed by atoms with Gasteiger partial charge in [0.25, 0.3) is 0 Å². The van der Waals surface area contributed by atoms with E-state index in [-0.39, 0.29) is 5.69 Å². The van der Waals surface area contributed by atoms with Crippen LogP contribution in [0.5, 0.6) is 0 Å². The van der Waals surface area contributed by atoms with Crippen molar-refractivity contribution in [3.63, 3.8) is 0 Å². The van der Waals surface area contributed by atoms with Gasteiger partial charge in [0.1, 0.15) is 52.7 Å². The molecule has 7 nitrogen and oxygen atoms in total. The number of carbonyl (C=O) groups is 1. The van der Waals surface area contributed by atoms with E-state index in [0.29, 0.717) is 6.54 Å². The van der Waals surface area contributed by atoms with Crippen LogP contribution in [0.15, 0.2) is 48.9 Å². The maximum atomic E-state index is 15.4. The lowest BCUT2D eigenvalue weighted by atomic mass is 9.12. The van der Waals surface area contributed by atoms with Crippen LogP contribution in [0.25, 0.3) is 0 Å². The van der Waals surface area contributed by atoms with E-state index in [9.17, 15) is 67.6 Å². The van der Waals surface area contributed by atoms with Crippen LogP contribution in [0.3, 0.4) is 0 Å². The van der Waals surface area contributed by atoms with Gasteiger partial charge in [0, 0.05) is 5.56 Å². The van der Waals surface area contributed by atoms with Gasteiger partial charge in [-0.05, 0) is 0 Å². The zero-order valence-electron chi connectivity index (χ0n) is 30.6. The number of benzene rings is 5. The number of nitro groups is 1. The molecule has 1 aromatic heterocycles. The third kappa shape index (κ3) is 8.22. The molecule has 0 spiro atoms. The number of esters is 1. The van der Waals surface area contributed by atoms with E-state index in [1.54, 1.807) is 10.8 Å². The molecule has 0 saturated heterocycles. The highest BCUT2D eigenvalue weighted by molar-refractivity contribution is 7.20. The first-order valence-electron chi connectivity index (χ1n) is 16.8. The number of carbonyl (C=O) groups excluding carboxylic acids is 1. The molecule has 28 heteroatoms. The molecule has 0 N–H and O–H groups in total. The van der Waals surface area contributed by atoms with Gasteiger partial charge >= 0.3 is 12.7 Å². The first-order valence-corrected chi connectivity index (χ1v) is 16.8. The minimum Gasteiger partial charge on any atom is -0.395 e. The van der Waals surface area contributed by atoms with Gasteiger partial charge in [0.15, 0.2) is 82.5 Å². The third-order valence-electron chi connectivity index (χ3n) is 9.19. The summed E-state index contributed by atoms with van der Waals surface area (Å²) in [5.41, 5.74) is -13.2. The Hall–Kier alpha value is -7.29. The number of halogens is 20. The second kappa shape index (κ2) is 18.4. The predicted octanol–water partition coefficient (Wildman–Crippen LogP) is 6.65. The number of nitrogens with zero attached hydrogens (tertiary/aromatic N) is 3. The van der Waals surface area contributed by atoms with E-state index in [1.165, 1.54) is 12.4 Å². The Morgan fingerprint density at radius 2 is 0.800 bits per heavy atom. The summed E-state index contributed by atoms with van der Waals surface area (Å²) in [6.45, 7) is -0.299. The lowest BCUT2D eigenvalue weighted by molar-refractivity contribution is -0.689. The third-order valence-corrected chi connectivity index (χ3v) is 9.19. The van der Waals surface area contributed by atoms with Crippen molar-refractivity contribution in [1.82, 2.24) is 4.98 Å². The average molecular weight is 953 g/mol. The molecule has 0 bridgehead atoms. The fraction of sp³-hybridized carbons (Fsp3) is 0.0541. The number of hydrogen-bond acceptors (Lipinski definition) is 5. The SMILES string of the molecule is Fc1c(F)c(F)c([B-](c2c(F)c(F)c(F)c(F)c2F)(c2c(F)c(F)c(F)c(F)c2F)c2c(F)c(F)c(F)c(F)c2F)c(F)c1F.O=C(OC[N+](=O)[O-])c1c[n+](Cc2ccccc2)ccn1. The second-order valence-electron chi connectivity index (χ2n) is 12.8. The van der Waals surface area contributed by atoms with Gasteiger partial charge in [-0.1, -0.05) is 30.3 Å². The van der Waals surface area contributed by atoms with E-state index >= 15 is 35.1 Å². The summed E-state index contributed by atoms with van der Waals surface area (Å²) in [7, 11) is 0. The fourth-order valence-electron chi connectivity index (χ4n) is 6.49. The van der Waals surface area contributed by atoms with Crippen molar-refractivity contribution in [2.75, 3.05) is 6.73 Å². The zero-order chi connectivity index (χ0) is 48.7. The molecule has 0 radical (unpaired) electrons. The minimum atomic E-state index is -7.22. The molecule has 0 atom stereocenters. The van der Waals surface area contributed by atoms with Crippen LogP contribution < -0.4 is 26.4 Å². The molecule has 0 fully saturated rings. The van der Waals surface area contributed by atoms with Crippen LogP contribution in [0, 0.1) is 126 Å². The van der Waals surface area contributed by atoms with Crippen molar-refractivity contribution in [2.45, 2.75) is 6.54 Å². The lowest BCUT2D eigenvalue weighted by Gasteiger charge is -2.44. The quantitative estimate of drug-likeness (QED) is 0.0187. The summed E-state index contributed by atoms with van der Waals surface area (Å²) in [5, 5.41) is 10.1. The van der Waals surface area contributed by atoms with Crippen molar-refractivity contribution in [3.05, 3.63) is 187 Å². The monoisotopic (exact) mass is 953 g/mol. The average Bonchev–Trinajstić information content (AvgIpc) is 3.28. The van der Waals surface area contributed by atoms with E-state index in [4.69, 9.17) is 0 Å². The Morgan fingerprint density at radius 1 is 0.508 bits per heavy atom. The largest absolute Gasteiger partial charge is 0.395 e. The molecule has 6 aromatic rings. The minimum absolute atomic E-state index is 0.0327. The molecule has 0 aliphatic rings. The Labute approximate surface area is 345 Å². The van der Waals surface area contributed by atoms with Gasteiger partial charge in [-0.15, -0.1) is 21.9 Å². The fourth-order valence-corrected chi connectivity index (χ4v) is 6.49. The number of aromatic nitrogens is 2. The summed E-state index contributed by atoms with van der Waals surface area (Å²) in [4.78, 5) is 24.8. The van der Waals surface area contributed by atoms with Gasteiger partial charge in [0.2, 0.25) is 11.9 Å². The van der Waals surface area contributed by atoms with Crippen LogP contribution in [0.1, 0.15) is 16.1 Å². The zero-order valence-corrected chi connectivity index (χ0v) is 30.6. The topological polar surface area (TPSA) is 86.2 Å². The van der Waals surface area contributed by atoms with Crippen molar-refractivity contribution in [1.29, 1.82) is 0 Å². The van der Waals surface area contributed by atoms with Crippen LogP contribution >= 0.6 is 0 Å². The Bertz CT molecular complexity index is 2550. The van der Waals surface area contributed by atoms with Crippen molar-refractivity contribution >= 4 is 34.0 Å². The second-order valence-corrected chi connectivity index (χ2v) is 12.8. The molecule has 0 aliphatic carbocycles. The molecule has 6 rings (SSSR count). The summed E-state index contributed by atoms with van der Waals surface area (Å²) in [5.74, 6) is -72.2. The van der Waals surface area contributed by atoms with Gasteiger partial charge in [-0.3, -0.25) is 10.1 Å². The Kier molecular flexibility index (Phi) is 13.8. The van der Waals surface area contributed by atoms with Crippen molar-refractivity contribution in [2.24, 2.45) is 0 Å². The molecule has 0 saturated carbocycles. The standard InChI is InChI=1S/C24BF20.C13H12N3O4/c26-5-1(6(27)14(35)21(42)13(5)34)25(2-7(28)15(36)22(43)16(37)8(2)29,3-9(30)17(38)23(44)18(39)10(3)31)4-11(32)19(40)24(45)20(41)12(4)33;17-13(20-10-16(18)19)12-9-15(7-6-14-12)8-11-4-2-1-3-5-11/h;1-7,9H,8,10H2/q-1;+1. The van der Waals surface area contributed by atoms with Crippen LogP contribution in [-0.4, -0.2) is 28.8 Å².